The number of halogens is 1. The molecule has 110 valence electrons. The Kier molecular flexibility index (Phi) is 4.60. The van der Waals surface area contributed by atoms with Crippen molar-refractivity contribution in [3.8, 4) is 0 Å². The minimum absolute atomic E-state index is 0.0289. The van der Waals surface area contributed by atoms with E-state index in [1.807, 2.05) is 6.07 Å². The molecule has 0 aliphatic carbocycles. The Morgan fingerprint density at radius 1 is 1.35 bits per heavy atom. The van der Waals surface area contributed by atoms with Gasteiger partial charge in [0.25, 0.3) is 0 Å². The minimum Gasteiger partial charge on any atom is -0.358 e. The quantitative estimate of drug-likeness (QED) is 0.909. The summed E-state index contributed by atoms with van der Waals surface area (Å²) in [6, 6.07) is 5.60. The van der Waals surface area contributed by atoms with Gasteiger partial charge in [-0.2, -0.15) is 0 Å². The zero-order chi connectivity index (χ0) is 14.7. The number of likely N-dealkylation sites (N-methyl/N-ethyl adjacent to an activating group) is 1. The first-order chi connectivity index (χ1) is 9.47. The highest BCUT2D eigenvalue weighted by molar-refractivity contribution is 5.82. The molecule has 20 heavy (non-hydrogen) atoms. The van der Waals surface area contributed by atoms with E-state index in [0.29, 0.717) is 31.4 Å². The smallest absolute Gasteiger partial charge is 0.241 e. The Bertz CT molecular complexity index is 490. The van der Waals surface area contributed by atoms with Gasteiger partial charge in [0.15, 0.2) is 0 Å². The number of amides is 1. The number of nitrogens with one attached hydrogen (secondary N) is 1. The van der Waals surface area contributed by atoms with Gasteiger partial charge in [-0.25, -0.2) is 4.39 Å². The fraction of sp³-hybridized carbons (Fsp3) is 0.533. The van der Waals surface area contributed by atoms with Gasteiger partial charge in [-0.3, -0.25) is 4.79 Å². The molecule has 0 atom stereocenters. The highest BCUT2D eigenvalue weighted by atomic mass is 19.1. The number of carbonyl (C=O) groups excluding carboxylic acids is 1. The topological polar surface area (TPSA) is 35.6 Å². The molecule has 1 aromatic carbocycles. The van der Waals surface area contributed by atoms with E-state index in [4.69, 9.17) is 0 Å². The fourth-order valence-electron chi connectivity index (χ4n) is 2.20. The first kappa shape index (κ1) is 14.8. The van der Waals surface area contributed by atoms with Gasteiger partial charge in [-0.15, -0.1) is 0 Å². The van der Waals surface area contributed by atoms with Crippen molar-refractivity contribution in [3.05, 3.63) is 29.6 Å². The van der Waals surface area contributed by atoms with Crippen molar-refractivity contribution < 1.29 is 9.18 Å². The summed E-state index contributed by atoms with van der Waals surface area (Å²) < 4.78 is 14.2. The molecular formula is C15H22FN3O. The molecule has 0 bridgehead atoms. The van der Waals surface area contributed by atoms with Crippen molar-refractivity contribution in [1.82, 2.24) is 10.2 Å². The van der Waals surface area contributed by atoms with Crippen molar-refractivity contribution >= 4 is 11.6 Å². The van der Waals surface area contributed by atoms with Crippen LogP contribution in [0.5, 0.6) is 0 Å². The van der Waals surface area contributed by atoms with E-state index in [2.05, 4.69) is 19.2 Å². The molecule has 0 unspecified atom stereocenters. The van der Waals surface area contributed by atoms with Gasteiger partial charge in [0, 0.05) is 32.7 Å². The number of hydrogen-bond donors (Lipinski definition) is 1. The molecule has 4 nitrogen and oxygen atoms in total. The lowest BCUT2D eigenvalue weighted by Gasteiger charge is -2.33. The normalized spacial score (nSPS) is 16.1. The van der Waals surface area contributed by atoms with Crippen LogP contribution >= 0.6 is 0 Å². The molecule has 1 saturated heterocycles. The average Bonchev–Trinajstić information content (AvgIpc) is 2.40. The third-order valence-corrected chi connectivity index (χ3v) is 3.52. The van der Waals surface area contributed by atoms with Gasteiger partial charge in [0.1, 0.15) is 5.82 Å². The summed E-state index contributed by atoms with van der Waals surface area (Å²) in [5, 5.41) is 3.26. The zero-order valence-corrected chi connectivity index (χ0v) is 12.3. The lowest BCUT2D eigenvalue weighted by atomic mass is 10.1. The molecule has 0 saturated carbocycles. The Labute approximate surface area is 119 Å². The van der Waals surface area contributed by atoms with Crippen LogP contribution in [-0.4, -0.2) is 43.5 Å². The maximum atomic E-state index is 14.2. The summed E-state index contributed by atoms with van der Waals surface area (Å²) in [5.41, 5.74) is 1.43. The molecule has 0 radical (unpaired) electrons. The second kappa shape index (κ2) is 6.22. The SMILES string of the molecule is CC(C)NCc1ccc(N2CCN(C)C(=O)C2)c(F)c1. The first-order valence-electron chi connectivity index (χ1n) is 6.98. The predicted octanol–water partition coefficient (Wildman–Crippen LogP) is 1.60. The van der Waals surface area contributed by atoms with Gasteiger partial charge in [0.05, 0.1) is 12.2 Å². The molecule has 0 aromatic heterocycles. The monoisotopic (exact) mass is 279 g/mol. The summed E-state index contributed by atoms with van der Waals surface area (Å²) in [4.78, 5) is 15.2. The van der Waals surface area contributed by atoms with E-state index in [1.54, 1.807) is 29.0 Å². The van der Waals surface area contributed by atoms with Crippen LogP contribution in [0.4, 0.5) is 10.1 Å². The van der Waals surface area contributed by atoms with Crippen molar-refractivity contribution in [2.24, 2.45) is 0 Å². The van der Waals surface area contributed by atoms with E-state index in [-0.39, 0.29) is 18.3 Å². The Balaban J connectivity index is 2.08. The van der Waals surface area contributed by atoms with Gasteiger partial charge in [-0.05, 0) is 17.7 Å². The van der Waals surface area contributed by atoms with Crippen molar-refractivity contribution in [1.29, 1.82) is 0 Å². The van der Waals surface area contributed by atoms with Crippen LogP contribution in [0.15, 0.2) is 18.2 Å². The van der Waals surface area contributed by atoms with Crippen LogP contribution in [0.1, 0.15) is 19.4 Å². The van der Waals surface area contributed by atoms with Gasteiger partial charge >= 0.3 is 0 Å². The largest absolute Gasteiger partial charge is 0.358 e. The van der Waals surface area contributed by atoms with Crippen LogP contribution in [0.2, 0.25) is 0 Å². The number of hydrogen-bond acceptors (Lipinski definition) is 3. The molecule has 1 N–H and O–H groups in total. The van der Waals surface area contributed by atoms with Crippen molar-refractivity contribution in [3.63, 3.8) is 0 Å². The Hall–Kier alpha value is -1.62. The highest BCUT2D eigenvalue weighted by Crippen LogP contribution is 2.22. The number of rotatable bonds is 4. The van der Waals surface area contributed by atoms with Crippen LogP contribution < -0.4 is 10.2 Å². The molecular weight excluding hydrogens is 257 g/mol. The number of piperazine rings is 1. The molecule has 1 amide bonds. The standard InChI is InChI=1S/C15H22FN3O/c1-11(2)17-9-12-4-5-14(13(16)8-12)19-7-6-18(3)15(20)10-19/h4-5,8,11,17H,6-7,9-10H2,1-3H3. The van der Waals surface area contributed by atoms with E-state index in [0.717, 1.165) is 5.56 Å². The molecule has 1 fully saturated rings. The first-order valence-corrected chi connectivity index (χ1v) is 6.98. The van der Waals surface area contributed by atoms with Crippen molar-refractivity contribution in [2.75, 3.05) is 31.6 Å². The van der Waals surface area contributed by atoms with Crippen molar-refractivity contribution in [2.45, 2.75) is 26.4 Å². The van der Waals surface area contributed by atoms with E-state index in [9.17, 15) is 9.18 Å². The molecule has 5 heteroatoms. The lowest BCUT2D eigenvalue weighted by molar-refractivity contribution is -0.129. The number of carbonyl (C=O) groups is 1. The molecule has 1 aliphatic heterocycles. The van der Waals surface area contributed by atoms with E-state index in [1.165, 1.54) is 0 Å². The summed E-state index contributed by atoms with van der Waals surface area (Å²) in [6.07, 6.45) is 0. The summed E-state index contributed by atoms with van der Waals surface area (Å²) in [5.74, 6) is -0.230. The van der Waals surface area contributed by atoms with Gasteiger partial charge in [-0.1, -0.05) is 19.9 Å². The number of benzene rings is 1. The third kappa shape index (κ3) is 3.48. The van der Waals surface area contributed by atoms with E-state index < -0.39 is 0 Å². The molecule has 1 heterocycles. The zero-order valence-electron chi connectivity index (χ0n) is 12.3. The molecule has 2 rings (SSSR count). The van der Waals surface area contributed by atoms with Gasteiger partial charge in [0.2, 0.25) is 5.91 Å². The van der Waals surface area contributed by atoms with Gasteiger partial charge < -0.3 is 15.1 Å². The maximum absolute atomic E-state index is 14.2. The van der Waals surface area contributed by atoms with E-state index >= 15 is 0 Å². The Morgan fingerprint density at radius 3 is 2.70 bits per heavy atom. The van der Waals surface area contributed by atoms with Crippen LogP contribution in [0, 0.1) is 5.82 Å². The van der Waals surface area contributed by atoms with Crippen LogP contribution in [0.25, 0.3) is 0 Å². The summed E-state index contributed by atoms with van der Waals surface area (Å²) >= 11 is 0. The lowest BCUT2D eigenvalue weighted by Crippen LogP contribution is -2.48. The summed E-state index contributed by atoms with van der Waals surface area (Å²) in [7, 11) is 1.77. The molecule has 0 spiro atoms. The summed E-state index contributed by atoms with van der Waals surface area (Å²) in [6.45, 7) is 6.31. The number of nitrogens with zero attached hydrogens (tertiary/aromatic N) is 2. The van der Waals surface area contributed by atoms with Crippen LogP contribution in [-0.2, 0) is 11.3 Å². The maximum Gasteiger partial charge on any atom is 0.241 e. The highest BCUT2D eigenvalue weighted by Gasteiger charge is 2.23. The molecule has 1 aliphatic rings. The molecule has 1 aromatic rings. The third-order valence-electron chi connectivity index (χ3n) is 3.52. The average molecular weight is 279 g/mol. The Morgan fingerprint density at radius 2 is 2.10 bits per heavy atom. The minimum atomic E-state index is -0.259. The predicted molar refractivity (Wildman–Crippen MR) is 78.2 cm³/mol. The second-order valence-electron chi connectivity index (χ2n) is 5.56. The fourth-order valence-corrected chi connectivity index (χ4v) is 2.20. The second-order valence-corrected chi connectivity index (χ2v) is 5.56. The number of anilines is 1. The van der Waals surface area contributed by atoms with Crippen LogP contribution in [0.3, 0.4) is 0 Å².